The number of hydrogen-bond donors (Lipinski definition) is 3. The molecule has 33 heavy (non-hydrogen) atoms. The molecular weight excluding hydrogens is 430 g/mol. The molecule has 1 aliphatic heterocycles. The van der Waals surface area contributed by atoms with E-state index >= 15 is 0 Å². The largest absolute Gasteiger partial charge is 0.497 e. The van der Waals surface area contributed by atoms with Crippen molar-refractivity contribution in [1.82, 2.24) is 4.90 Å². The molecule has 10 heteroatoms. The zero-order chi connectivity index (χ0) is 24.5. The number of ether oxygens (including phenoxy) is 1. The molecule has 1 atom stereocenters. The molecule has 0 radical (unpaired) electrons. The maximum Gasteiger partial charge on any atom is 0.414 e. The highest BCUT2D eigenvalue weighted by Gasteiger charge is 2.30. The summed E-state index contributed by atoms with van der Waals surface area (Å²) in [5.74, 6) is -3.13. The Bertz CT molecular complexity index is 1010. The summed E-state index contributed by atoms with van der Waals surface area (Å²) >= 11 is 0. The van der Waals surface area contributed by atoms with Gasteiger partial charge in [-0.3, -0.25) is 14.5 Å². The predicted molar refractivity (Wildman–Crippen MR) is 121 cm³/mol. The van der Waals surface area contributed by atoms with Gasteiger partial charge in [0.2, 0.25) is 11.8 Å². The van der Waals surface area contributed by atoms with Crippen molar-refractivity contribution in [3.63, 3.8) is 0 Å². The second-order valence-corrected chi connectivity index (χ2v) is 7.35. The van der Waals surface area contributed by atoms with Gasteiger partial charge < -0.3 is 25.2 Å². The molecule has 0 aromatic heterocycles. The average molecular weight is 457 g/mol. The van der Waals surface area contributed by atoms with Crippen LogP contribution in [-0.4, -0.2) is 72.2 Å². The summed E-state index contributed by atoms with van der Waals surface area (Å²) in [5, 5.41) is 17.6. The average Bonchev–Trinajstić information content (AvgIpc) is 3.22. The number of carbonyl (C=O) groups is 4. The molecule has 1 aliphatic rings. The summed E-state index contributed by atoms with van der Waals surface area (Å²) in [4.78, 5) is 47.0. The third-order valence-electron chi connectivity index (χ3n) is 5.10. The van der Waals surface area contributed by atoms with E-state index in [9.17, 15) is 9.59 Å². The minimum absolute atomic E-state index is 0.0108. The second-order valence-electron chi connectivity index (χ2n) is 7.35. The lowest BCUT2D eigenvalue weighted by molar-refractivity contribution is -0.159. The Kier molecular flexibility index (Phi) is 8.93. The number of carbonyl (C=O) groups excluding carboxylic acids is 2. The van der Waals surface area contributed by atoms with E-state index in [0.717, 1.165) is 12.1 Å². The highest BCUT2D eigenvalue weighted by molar-refractivity contribution is 6.27. The number of methoxy groups -OCH3 is 1. The maximum absolute atomic E-state index is 12.9. The monoisotopic (exact) mass is 457 g/mol. The topological polar surface area (TPSA) is 136 Å². The number of aliphatic carboxylic acids is 2. The molecule has 2 aromatic carbocycles. The molecule has 10 nitrogen and oxygen atoms in total. The van der Waals surface area contributed by atoms with Crippen molar-refractivity contribution >= 4 is 35.1 Å². The van der Waals surface area contributed by atoms with Gasteiger partial charge in [0.1, 0.15) is 5.75 Å². The van der Waals surface area contributed by atoms with Crippen LogP contribution >= 0.6 is 0 Å². The summed E-state index contributed by atoms with van der Waals surface area (Å²) in [6.07, 6.45) is 0.870. The molecule has 0 bridgehead atoms. The Morgan fingerprint density at radius 3 is 2.39 bits per heavy atom. The summed E-state index contributed by atoms with van der Waals surface area (Å²) < 4.78 is 5.16. The van der Waals surface area contributed by atoms with E-state index in [1.165, 1.54) is 5.56 Å². The van der Waals surface area contributed by atoms with Gasteiger partial charge in [0.25, 0.3) is 0 Å². The van der Waals surface area contributed by atoms with Crippen LogP contribution in [0.25, 0.3) is 0 Å². The van der Waals surface area contributed by atoms with Crippen molar-refractivity contribution in [3.8, 4) is 5.75 Å². The molecule has 2 amide bonds. The van der Waals surface area contributed by atoms with Crippen LogP contribution in [-0.2, 0) is 25.6 Å². The molecule has 0 aliphatic carbocycles. The van der Waals surface area contributed by atoms with E-state index in [4.69, 9.17) is 24.5 Å². The quantitative estimate of drug-likeness (QED) is 0.558. The molecule has 3 N–H and O–H groups in total. The fraction of sp³-hybridized carbons (Fsp3) is 0.304. The van der Waals surface area contributed by atoms with Gasteiger partial charge in [-0.1, -0.05) is 24.3 Å². The van der Waals surface area contributed by atoms with Gasteiger partial charge in [0, 0.05) is 24.0 Å². The van der Waals surface area contributed by atoms with Crippen LogP contribution in [0.5, 0.6) is 5.75 Å². The first-order valence-corrected chi connectivity index (χ1v) is 10.1. The highest BCUT2D eigenvalue weighted by Crippen LogP contribution is 2.28. The van der Waals surface area contributed by atoms with Gasteiger partial charge in [-0.15, -0.1) is 0 Å². The fourth-order valence-corrected chi connectivity index (χ4v) is 3.25. The maximum atomic E-state index is 12.9. The second kappa shape index (κ2) is 11.6. The number of fused-ring (bicyclic) bond motifs is 1. The Morgan fingerprint density at radius 1 is 1.09 bits per heavy atom. The Labute approximate surface area is 191 Å². The number of likely N-dealkylation sites (N-methyl/N-ethyl adjacent to an activating group) is 1. The van der Waals surface area contributed by atoms with Crippen LogP contribution in [0.1, 0.15) is 12.5 Å². The third kappa shape index (κ3) is 7.04. The number of nitrogens with zero attached hydrogens (tertiary/aromatic N) is 2. The van der Waals surface area contributed by atoms with E-state index < -0.39 is 18.0 Å². The number of anilines is 2. The lowest BCUT2D eigenvalue weighted by Gasteiger charge is -2.28. The minimum Gasteiger partial charge on any atom is -0.497 e. The van der Waals surface area contributed by atoms with E-state index in [1.54, 1.807) is 31.2 Å². The standard InChI is InChI=1S/C21H25N3O3.C2H2O4/c1-15(21(26)24-12-11-16-7-4-5-10-19(16)24)23(2)14-20(25)22-17-8-6-9-18(13-17)27-3;3-1(4)2(5)6/h4-10,13,15H,11-12,14H2,1-3H3,(H,22,25);(H,3,4)(H,5,6). The zero-order valence-electron chi connectivity index (χ0n) is 18.6. The number of hydrogen-bond acceptors (Lipinski definition) is 6. The van der Waals surface area contributed by atoms with Crippen LogP contribution in [0.3, 0.4) is 0 Å². The molecule has 0 saturated heterocycles. The minimum atomic E-state index is -1.82. The molecule has 0 fully saturated rings. The molecule has 0 spiro atoms. The number of carboxylic acids is 2. The molecule has 0 saturated carbocycles. The molecule has 1 unspecified atom stereocenters. The summed E-state index contributed by atoms with van der Waals surface area (Å²) in [6, 6.07) is 14.8. The lowest BCUT2D eigenvalue weighted by Crippen LogP contribution is -2.47. The van der Waals surface area contributed by atoms with Crippen molar-refractivity contribution in [1.29, 1.82) is 0 Å². The predicted octanol–water partition coefficient (Wildman–Crippen LogP) is 1.70. The van der Waals surface area contributed by atoms with Crippen molar-refractivity contribution < 1.29 is 34.1 Å². The van der Waals surface area contributed by atoms with Gasteiger partial charge >= 0.3 is 11.9 Å². The molecule has 2 aromatic rings. The van der Waals surface area contributed by atoms with Gasteiger partial charge in [0.05, 0.1) is 19.7 Å². The summed E-state index contributed by atoms with van der Waals surface area (Å²) in [6.45, 7) is 2.65. The molecule has 3 rings (SSSR count). The van der Waals surface area contributed by atoms with E-state index in [-0.39, 0.29) is 18.4 Å². The number of rotatable bonds is 6. The third-order valence-corrected chi connectivity index (χ3v) is 5.10. The van der Waals surface area contributed by atoms with Gasteiger partial charge in [-0.05, 0) is 44.2 Å². The highest BCUT2D eigenvalue weighted by atomic mass is 16.5. The van der Waals surface area contributed by atoms with E-state index in [1.807, 2.05) is 42.2 Å². The zero-order valence-corrected chi connectivity index (χ0v) is 18.6. The summed E-state index contributed by atoms with van der Waals surface area (Å²) in [5.41, 5.74) is 2.83. The lowest BCUT2D eigenvalue weighted by atomic mass is 10.2. The van der Waals surface area contributed by atoms with Crippen LogP contribution in [0.15, 0.2) is 48.5 Å². The first kappa shape index (κ1) is 25.3. The molecule has 176 valence electrons. The van der Waals surface area contributed by atoms with Gasteiger partial charge in [0.15, 0.2) is 0 Å². The van der Waals surface area contributed by atoms with Crippen molar-refractivity contribution in [2.24, 2.45) is 0 Å². The Hall–Kier alpha value is -3.92. The van der Waals surface area contributed by atoms with Crippen LogP contribution in [0.4, 0.5) is 11.4 Å². The first-order valence-electron chi connectivity index (χ1n) is 10.1. The van der Waals surface area contributed by atoms with Crippen molar-refractivity contribution in [2.45, 2.75) is 19.4 Å². The van der Waals surface area contributed by atoms with E-state index in [2.05, 4.69) is 11.4 Å². The first-order chi connectivity index (χ1) is 15.6. The Morgan fingerprint density at radius 2 is 1.76 bits per heavy atom. The molecule has 1 heterocycles. The number of para-hydroxylation sites is 1. The van der Waals surface area contributed by atoms with Crippen molar-refractivity contribution in [3.05, 3.63) is 54.1 Å². The summed E-state index contributed by atoms with van der Waals surface area (Å²) in [7, 11) is 3.37. The van der Waals surface area contributed by atoms with E-state index in [0.29, 0.717) is 18.0 Å². The molecular formula is C23H27N3O7. The van der Waals surface area contributed by atoms with Crippen molar-refractivity contribution in [2.75, 3.05) is 37.5 Å². The van der Waals surface area contributed by atoms with Gasteiger partial charge in [-0.25, -0.2) is 9.59 Å². The van der Waals surface area contributed by atoms with Crippen LogP contribution < -0.4 is 15.0 Å². The smallest absolute Gasteiger partial charge is 0.414 e. The number of carboxylic acid groups (broad SMARTS) is 2. The fourth-order valence-electron chi connectivity index (χ4n) is 3.25. The normalized spacial score (nSPS) is 12.8. The van der Waals surface area contributed by atoms with Crippen LogP contribution in [0.2, 0.25) is 0 Å². The number of benzene rings is 2. The Balaban J connectivity index is 0.000000569. The SMILES string of the molecule is COc1cccc(NC(=O)CN(C)C(C)C(=O)N2CCc3ccccc32)c1.O=C(O)C(=O)O. The van der Waals surface area contributed by atoms with Gasteiger partial charge in [-0.2, -0.15) is 0 Å². The number of amides is 2. The number of nitrogens with one attached hydrogen (secondary N) is 1. The van der Waals surface area contributed by atoms with Crippen LogP contribution in [0, 0.1) is 0 Å².